The number of unbranched alkanes of at least 4 members (excludes halogenated alkanes) is 1. The Balaban J connectivity index is 1.58. The van der Waals surface area contributed by atoms with Crippen LogP contribution < -0.4 is 10.4 Å². The fraction of sp³-hybridized carbons (Fsp3) is 0.318. The van der Waals surface area contributed by atoms with Gasteiger partial charge >= 0.3 is 5.97 Å². The average Bonchev–Trinajstić information content (AvgIpc) is 3.13. The number of anilines is 2. The van der Waals surface area contributed by atoms with Crippen molar-refractivity contribution in [2.24, 2.45) is 0 Å². The highest BCUT2D eigenvalue weighted by molar-refractivity contribution is 7.94. The van der Waals surface area contributed by atoms with Gasteiger partial charge in [0.15, 0.2) is 9.54 Å². The van der Waals surface area contributed by atoms with Gasteiger partial charge in [0.2, 0.25) is 0 Å². The molecule has 0 unspecified atom stereocenters. The quantitative estimate of drug-likeness (QED) is 0.0763. The van der Waals surface area contributed by atoms with Gasteiger partial charge in [0.25, 0.3) is 0 Å². The van der Waals surface area contributed by atoms with Crippen LogP contribution in [-0.4, -0.2) is 39.4 Å². The van der Waals surface area contributed by atoms with Gasteiger partial charge in [0, 0.05) is 30.6 Å². The van der Waals surface area contributed by atoms with Crippen LogP contribution in [0.2, 0.25) is 0 Å². The first-order valence-electron chi connectivity index (χ1n) is 10.6. The molecule has 0 bridgehead atoms. The minimum Gasteiger partial charge on any atom is -0.481 e. The molecule has 0 aliphatic rings. The van der Waals surface area contributed by atoms with Gasteiger partial charge in [-0.1, -0.05) is 12.1 Å². The van der Waals surface area contributed by atoms with Crippen molar-refractivity contribution in [1.29, 1.82) is 0 Å². The Hall–Kier alpha value is -2.64. The van der Waals surface area contributed by atoms with E-state index in [4.69, 9.17) is 38.9 Å². The summed E-state index contributed by atoms with van der Waals surface area (Å²) in [5.41, 5.74) is 7.51. The summed E-state index contributed by atoms with van der Waals surface area (Å²) in [5.74, 6) is -0.761. The first-order chi connectivity index (χ1) is 16.3. The van der Waals surface area contributed by atoms with E-state index < -0.39 is 5.97 Å². The molecule has 182 valence electrons. The Kier molecular flexibility index (Phi) is 9.30. The van der Waals surface area contributed by atoms with Gasteiger partial charge in [0.1, 0.15) is 0 Å². The van der Waals surface area contributed by atoms with Crippen LogP contribution in [0.3, 0.4) is 0 Å². The number of carbonyl (C=O) groups is 1. The summed E-state index contributed by atoms with van der Waals surface area (Å²) in [6.45, 7) is 4.86. The molecule has 0 saturated carbocycles. The number of carboxylic acid groups (broad SMARTS) is 1. The molecule has 0 saturated heterocycles. The first kappa shape index (κ1) is 26.0. The van der Waals surface area contributed by atoms with Gasteiger partial charge in [-0.05, 0) is 86.5 Å². The Labute approximate surface area is 212 Å². The summed E-state index contributed by atoms with van der Waals surface area (Å²) >= 11 is 11.6. The number of hydrogen-bond donors (Lipinski definition) is 4. The van der Waals surface area contributed by atoms with Gasteiger partial charge in [-0.2, -0.15) is 0 Å². The highest BCUT2D eigenvalue weighted by Crippen LogP contribution is 2.33. The van der Waals surface area contributed by atoms with Crippen LogP contribution in [0.5, 0.6) is 0 Å². The predicted molar refractivity (Wildman–Crippen MR) is 138 cm³/mol. The minimum absolute atomic E-state index is 0.188. The van der Waals surface area contributed by atoms with E-state index in [2.05, 4.69) is 27.5 Å². The third-order valence-corrected chi connectivity index (χ3v) is 6.53. The van der Waals surface area contributed by atoms with Crippen molar-refractivity contribution in [2.75, 3.05) is 24.0 Å². The van der Waals surface area contributed by atoms with Crippen LogP contribution in [-0.2, 0) is 14.1 Å². The van der Waals surface area contributed by atoms with Gasteiger partial charge < -0.3 is 10.0 Å². The largest absolute Gasteiger partial charge is 0.481 e. The molecule has 4 N–H and O–H groups in total. The monoisotopic (exact) mass is 521 g/mol. The summed E-state index contributed by atoms with van der Waals surface area (Å²) in [4.78, 5) is 19.0. The number of rotatable bonds is 12. The number of nitrogens with zero attached hydrogens (tertiary/aromatic N) is 2. The molecule has 0 amide bonds. The van der Waals surface area contributed by atoms with Crippen LogP contribution in [0.4, 0.5) is 11.4 Å². The van der Waals surface area contributed by atoms with E-state index in [1.807, 2.05) is 50.4 Å². The van der Waals surface area contributed by atoms with Crippen molar-refractivity contribution in [3.8, 4) is 5.69 Å². The summed E-state index contributed by atoms with van der Waals surface area (Å²) in [7, 11) is 2.01. The van der Waals surface area contributed by atoms with E-state index in [-0.39, 0.29) is 6.42 Å². The molecule has 0 atom stereocenters. The van der Waals surface area contributed by atoms with E-state index in [0.29, 0.717) is 21.7 Å². The molecule has 3 rings (SSSR count). The lowest BCUT2D eigenvalue weighted by atomic mass is 10.1. The highest BCUT2D eigenvalue weighted by atomic mass is 32.2. The zero-order valence-electron chi connectivity index (χ0n) is 19.1. The van der Waals surface area contributed by atoms with E-state index in [9.17, 15) is 4.79 Å². The average molecular weight is 522 g/mol. The van der Waals surface area contributed by atoms with E-state index in [0.717, 1.165) is 52.4 Å². The van der Waals surface area contributed by atoms with Crippen LogP contribution >= 0.6 is 36.5 Å². The maximum atomic E-state index is 10.7. The molecule has 0 spiro atoms. The molecule has 34 heavy (non-hydrogen) atoms. The summed E-state index contributed by atoms with van der Waals surface area (Å²) in [6.07, 6.45) is 1.65. The molecule has 3 aromatic rings. The van der Waals surface area contributed by atoms with Crippen molar-refractivity contribution < 1.29 is 19.2 Å². The number of aromatic nitrogens is 3. The maximum absolute atomic E-state index is 10.7. The zero-order valence-corrected chi connectivity index (χ0v) is 21.5. The molecule has 0 aliphatic carbocycles. The fourth-order valence-corrected chi connectivity index (χ4v) is 4.64. The summed E-state index contributed by atoms with van der Waals surface area (Å²) in [5, 5.41) is 14.4. The lowest BCUT2D eigenvalue weighted by molar-refractivity contribution is -0.161. The van der Waals surface area contributed by atoms with E-state index in [1.165, 1.54) is 0 Å². The van der Waals surface area contributed by atoms with Crippen molar-refractivity contribution >= 4 is 53.8 Å². The topological polar surface area (TPSA) is 108 Å². The zero-order chi connectivity index (χ0) is 24.7. The smallest absolute Gasteiger partial charge is 0.303 e. The molecular formula is C22H27N5O4S3. The van der Waals surface area contributed by atoms with Crippen molar-refractivity contribution in [2.45, 2.75) is 38.0 Å². The van der Waals surface area contributed by atoms with Crippen LogP contribution in [0.15, 0.2) is 41.3 Å². The molecular weight excluding hydrogens is 494 g/mol. The van der Waals surface area contributed by atoms with Crippen molar-refractivity contribution in [3.63, 3.8) is 0 Å². The van der Waals surface area contributed by atoms with E-state index >= 15 is 0 Å². The van der Waals surface area contributed by atoms with Crippen molar-refractivity contribution in [1.82, 2.24) is 14.8 Å². The molecule has 1 heterocycles. The SMILES string of the molecule is Cc1ccc(SOONc2cccc(-n3c(=S)[nH][nH]c3=S)c2)c(C)c1N(C)CCCCC(=O)O. The highest BCUT2D eigenvalue weighted by Gasteiger charge is 2.13. The Morgan fingerprint density at radius 3 is 2.62 bits per heavy atom. The summed E-state index contributed by atoms with van der Waals surface area (Å²) in [6, 6.07) is 11.4. The van der Waals surface area contributed by atoms with E-state index in [1.54, 1.807) is 4.57 Å². The maximum Gasteiger partial charge on any atom is 0.303 e. The van der Waals surface area contributed by atoms with Crippen LogP contribution in [0.25, 0.3) is 5.69 Å². The Morgan fingerprint density at radius 2 is 1.91 bits per heavy atom. The number of aliphatic carboxylic acids is 1. The fourth-order valence-electron chi connectivity index (χ4n) is 3.60. The number of aryl methyl sites for hydroxylation is 1. The standard InChI is InChI=1S/C22H27N5O4S3/c1-14-10-11-18(15(2)20(14)26(3)12-5-4-9-19(28)29)34-31-30-25-16-7-6-8-17(13-16)27-21(32)23-24-22(27)33/h6-8,10-11,13,25H,4-5,9,12H2,1-3H3,(H,23,32)(H,24,33)(H,28,29). The number of carboxylic acids is 1. The molecule has 12 heteroatoms. The Bertz CT molecular complexity index is 1230. The minimum atomic E-state index is -0.761. The second-order valence-electron chi connectivity index (χ2n) is 7.71. The lowest BCUT2D eigenvalue weighted by Gasteiger charge is -2.24. The number of nitrogens with one attached hydrogen (secondary N) is 3. The Morgan fingerprint density at radius 1 is 1.18 bits per heavy atom. The third-order valence-electron chi connectivity index (χ3n) is 5.20. The number of hydrogen-bond acceptors (Lipinski definition) is 8. The van der Waals surface area contributed by atoms with Gasteiger partial charge in [-0.3, -0.25) is 19.6 Å². The van der Waals surface area contributed by atoms with Crippen LogP contribution in [0, 0.1) is 23.4 Å². The molecule has 0 aliphatic heterocycles. The normalized spacial score (nSPS) is 10.9. The first-order valence-corrected chi connectivity index (χ1v) is 12.1. The molecule has 9 nitrogen and oxygen atoms in total. The van der Waals surface area contributed by atoms with Gasteiger partial charge in [0.05, 0.1) is 23.4 Å². The van der Waals surface area contributed by atoms with Crippen LogP contribution in [0.1, 0.15) is 30.4 Å². The molecule has 1 aromatic heterocycles. The molecule has 0 fully saturated rings. The second-order valence-corrected chi connectivity index (χ2v) is 9.23. The third kappa shape index (κ3) is 6.70. The van der Waals surface area contributed by atoms with Crippen molar-refractivity contribution in [3.05, 3.63) is 57.1 Å². The predicted octanol–water partition coefficient (Wildman–Crippen LogP) is 5.88. The summed E-state index contributed by atoms with van der Waals surface area (Å²) < 4.78 is 7.97. The molecule has 2 aromatic carbocycles. The molecule has 0 radical (unpaired) electrons. The number of aromatic amines is 2. The second kappa shape index (κ2) is 12.2. The number of benzene rings is 2. The number of H-pyrrole nitrogens is 2. The lowest BCUT2D eigenvalue weighted by Crippen LogP contribution is -2.21. The van der Waals surface area contributed by atoms with Gasteiger partial charge in [-0.15, -0.1) is 9.32 Å². The van der Waals surface area contributed by atoms with Gasteiger partial charge in [-0.25, -0.2) is 5.48 Å².